The van der Waals surface area contributed by atoms with Crippen LogP contribution in [0, 0.1) is 11.3 Å². The number of rotatable bonds is 3. The molecule has 0 radical (unpaired) electrons. The first-order chi connectivity index (χ1) is 8.33. The number of pyridine rings is 1. The number of benzene rings is 1. The maximum absolute atomic E-state index is 8.98. The van der Waals surface area contributed by atoms with Crippen molar-refractivity contribution in [1.29, 1.82) is 5.26 Å². The molecule has 1 aromatic carbocycles. The molecule has 1 aromatic heterocycles. The maximum Gasteiger partial charge on any atom is 0.119 e. The van der Waals surface area contributed by atoms with E-state index in [2.05, 4.69) is 11.1 Å². The number of nitrogens with zero attached hydrogens (tertiary/aromatic N) is 2. The normalized spacial score (nSPS) is 9.65. The molecular formula is C14H12N2O. The van der Waals surface area contributed by atoms with Gasteiger partial charge in [-0.2, -0.15) is 5.26 Å². The minimum absolute atomic E-state index is 0.621. The van der Waals surface area contributed by atoms with Crippen molar-refractivity contribution < 1.29 is 4.74 Å². The van der Waals surface area contributed by atoms with Crippen LogP contribution < -0.4 is 4.74 Å². The fourth-order valence-electron chi connectivity index (χ4n) is 1.66. The van der Waals surface area contributed by atoms with Gasteiger partial charge in [0.2, 0.25) is 0 Å². The first-order valence-electron chi connectivity index (χ1n) is 5.30. The van der Waals surface area contributed by atoms with Crippen LogP contribution >= 0.6 is 0 Å². The predicted molar refractivity (Wildman–Crippen MR) is 64.8 cm³/mol. The first kappa shape index (κ1) is 11.2. The molecule has 0 amide bonds. The lowest BCUT2D eigenvalue weighted by Gasteiger charge is -2.05. The van der Waals surface area contributed by atoms with Gasteiger partial charge in [-0.3, -0.25) is 4.98 Å². The molecule has 0 atom stereocenters. The number of ether oxygens (including phenoxy) is 1. The van der Waals surface area contributed by atoms with Crippen molar-refractivity contribution in [2.75, 3.05) is 7.11 Å². The summed E-state index contributed by atoms with van der Waals surface area (Å²) in [6.45, 7) is 0. The molecule has 3 heteroatoms. The zero-order chi connectivity index (χ0) is 12.1. The van der Waals surface area contributed by atoms with E-state index in [-0.39, 0.29) is 0 Å². The molecule has 0 spiro atoms. The van der Waals surface area contributed by atoms with E-state index in [0.717, 1.165) is 17.0 Å². The molecule has 0 aliphatic carbocycles. The highest BCUT2D eigenvalue weighted by atomic mass is 16.5. The van der Waals surface area contributed by atoms with E-state index in [1.165, 1.54) is 0 Å². The molecule has 2 aromatic rings. The van der Waals surface area contributed by atoms with Crippen molar-refractivity contribution >= 4 is 0 Å². The Hall–Kier alpha value is -2.34. The summed E-state index contributed by atoms with van der Waals surface area (Å²) in [6.07, 6.45) is 2.34. The molecule has 0 fully saturated rings. The molecule has 1 heterocycles. The summed E-state index contributed by atoms with van der Waals surface area (Å²) in [5.74, 6) is 0.817. The van der Waals surface area contributed by atoms with Crippen LogP contribution in [0.5, 0.6) is 5.75 Å². The van der Waals surface area contributed by atoms with Crippen LogP contribution in [0.1, 0.15) is 16.8 Å². The average molecular weight is 224 g/mol. The Balaban J connectivity index is 2.28. The SMILES string of the molecule is COc1cccc(Cc2ncccc2C#N)c1. The number of nitriles is 1. The van der Waals surface area contributed by atoms with Gasteiger partial charge in [-0.05, 0) is 29.8 Å². The van der Waals surface area contributed by atoms with E-state index in [9.17, 15) is 0 Å². The van der Waals surface area contributed by atoms with Crippen molar-refractivity contribution in [2.45, 2.75) is 6.42 Å². The summed E-state index contributed by atoms with van der Waals surface area (Å²) < 4.78 is 5.16. The summed E-state index contributed by atoms with van der Waals surface area (Å²) >= 11 is 0. The third-order valence-corrected chi connectivity index (χ3v) is 2.52. The predicted octanol–water partition coefficient (Wildman–Crippen LogP) is 2.55. The Labute approximate surface area is 100 Å². The molecule has 0 aliphatic heterocycles. The fourth-order valence-corrected chi connectivity index (χ4v) is 1.66. The van der Waals surface area contributed by atoms with Gasteiger partial charge in [0.05, 0.1) is 18.4 Å². The van der Waals surface area contributed by atoms with Crippen LogP contribution in [-0.2, 0) is 6.42 Å². The molecule has 84 valence electrons. The van der Waals surface area contributed by atoms with Gasteiger partial charge >= 0.3 is 0 Å². The van der Waals surface area contributed by atoms with Crippen LogP contribution in [0.2, 0.25) is 0 Å². The third kappa shape index (κ3) is 2.61. The zero-order valence-corrected chi connectivity index (χ0v) is 9.55. The van der Waals surface area contributed by atoms with E-state index >= 15 is 0 Å². The molecule has 0 N–H and O–H groups in total. The summed E-state index contributed by atoms with van der Waals surface area (Å²) in [5, 5.41) is 8.98. The van der Waals surface area contributed by atoms with Crippen LogP contribution in [0.15, 0.2) is 42.6 Å². The Kier molecular flexibility index (Phi) is 3.37. The van der Waals surface area contributed by atoms with E-state index in [1.807, 2.05) is 24.3 Å². The van der Waals surface area contributed by atoms with Gasteiger partial charge < -0.3 is 4.74 Å². The monoisotopic (exact) mass is 224 g/mol. The van der Waals surface area contributed by atoms with Crippen LogP contribution in [-0.4, -0.2) is 12.1 Å². The molecule has 0 aliphatic rings. The quantitative estimate of drug-likeness (QED) is 0.804. The molecule has 3 nitrogen and oxygen atoms in total. The van der Waals surface area contributed by atoms with E-state index in [0.29, 0.717) is 12.0 Å². The lowest BCUT2D eigenvalue weighted by Crippen LogP contribution is -1.96. The Morgan fingerprint density at radius 1 is 1.29 bits per heavy atom. The number of methoxy groups -OCH3 is 1. The average Bonchev–Trinajstić information content (AvgIpc) is 2.39. The molecule has 0 bridgehead atoms. The van der Waals surface area contributed by atoms with Crippen molar-refractivity contribution in [3.05, 3.63) is 59.4 Å². The minimum atomic E-state index is 0.621. The minimum Gasteiger partial charge on any atom is -0.497 e. The Bertz CT molecular complexity index is 558. The van der Waals surface area contributed by atoms with E-state index in [1.54, 1.807) is 25.4 Å². The third-order valence-electron chi connectivity index (χ3n) is 2.52. The lowest BCUT2D eigenvalue weighted by atomic mass is 10.1. The number of hydrogen-bond donors (Lipinski definition) is 0. The highest BCUT2D eigenvalue weighted by molar-refractivity contribution is 5.37. The van der Waals surface area contributed by atoms with Gasteiger partial charge in [0.25, 0.3) is 0 Å². The lowest BCUT2D eigenvalue weighted by molar-refractivity contribution is 0.414. The molecule has 2 rings (SSSR count). The summed E-state index contributed by atoms with van der Waals surface area (Å²) in [4.78, 5) is 4.24. The standard InChI is InChI=1S/C14H12N2O/c1-17-13-6-2-4-11(8-13)9-14-12(10-15)5-3-7-16-14/h2-8H,9H2,1H3. The summed E-state index contributed by atoms with van der Waals surface area (Å²) in [7, 11) is 1.64. The van der Waals surface area contributed by atoms with Crippen LogP contribution in [0.3, 0.4) is 0 Å². The second-order valence-corrected chi connectivity index (χ2v) is 3.64. The summed E-state index contributed by atoms with van der Waals surface area (Å²) in [6, 6.07) is 13.5. The van der Waals surface area contributed by atoms with Gasteiger partial charge in [-0.25, -0.2) is 0 Å². The molecule has 0 saturated carbocycles. The number of aromatic nitrogens is 1. The Morgan fingerprint density at radius 3 is 2.94 bits per heavy atom. The highest BCUT2D eigenvalue weighted by Gasteiger charge is 2.04. The van der Waals surface area contributed by atoms with Crippen molar-refractivity contribution in [1.82, 2.24) is 4.98 Å². The largest absolute Gasteiger partial charge is 0.497 e. The van der Waals surface area contributed by atoms with E-state index in [4.69, 9.17) is 10.00 Å². The smallest absolute Gasteiger partial charge is 0.119 e. The summed E-state index contributed by atoms with van der Waals surface area (Å²) in [5.41, 5.74) is 2.50. The van der Waals surface area contributed by atoms with Crippen molar-refractivity contribution in [3.63, 3.8) is 0 Å². The zero-order valence-electron chi connectivity index (χ0n) is 9.55. The molecular weight excluding hydrogens is 212 g/mol. The number of hydrogen-bond acceptors (Lipinski definition) is 3. The molecule has 17 heavy (non-hydrogen) atoms. The molecule has 0 unspecified atom stereocenters. The fraction of sp³-hybridized carbons (Fsp3) is 0.143. The maximum atomic E-state index is 8.98. The van der Waals surface area contributed by atoms with Gasteiger partial charge in [0, 0.05) is 12.6 Å². The van der Waals surface area contributed by atoms with Crippen LogP contribution in [0.25, 0.3) is 0 Å². The van der Waals surface area contributed by atoms with Crippen LogP contribution in [0.4, 0.5) is 0 Å². The Morgan fingerprint density at radius 2 is 2.18 bits per heavy atom. The van der Waals surface area contributed by atoms with Crippen molar-refractivity contribution in [2.24, 2.45) is 0 Å². The van der Waals surface area contributed by atoms with Gasteiger partial charge in [-0.1, -0.05) is 12.1 Å². The van der Waals surface area contributed by atoms with Gasteiger partial charge in [0.1, 0.15) is 11.8 Å². The van der Waals surface area contributed by atoms with Gasteiger partial charge in [0.15, 0.2) is 0 Å². The van der Waals surface area contributed by atoms with E-state index < -0.39 is 0 Å². The highest BCUT2D eigenvalue weighted by Crippen LogP contribution is 2.16. The van der Waals surface area contributed by atoms with Gasteiger partial charge in [-0.15, -0.1) is 0 Å². The molecule has 0 saturated heterocycles. The second-order valence-electron chi connectivity index (χ2n) is 3.64. The first-order valence-corrected chi connectivity index (χ1v) is 5.30. The van der Waals surface area contributed by atoms with Crippen molar-refractivity contribution in [3.8, 4) is 11.8 Å². The topological polar surface area (TPSA) is 45.9 Å². The second kappa shape index (κ2) is 5.13.